The van der Waals surface area contributed by atoms with Crippen LogP contribution in [0.3, 0.4) is 0 Å². The molecule has 0 saturated carbocycles. The molecule has 0 unspecified atom stereocenters. The Morgan fingerprint density at radius 1 is 1.11 bits per heavy atom. The Balaban J connectivity index is 2.06. The predicted octanol–water partition coefficient (Wildman–Crippen LogP) is 3.61. The van der Waals surface area contributed by atoms with Gasteiger partial charge in [0, 0.05) is 0 Å². The number of halogens is 2. The summed E-state index contributed by atoms with van der Waals surface area (Å²) in [7, 11) is 0. The second-order valence-electron chi connectivity index (χ2n) is 3.81. The third-order valence-corrected chi connectivity index (χ3v) is 3.53. The number of hydrogen-bond donors (Lipinski definition) is 1. The fraction of sp³-hybridized carbons (Fsp3) is 0.0714. The molecule has 0 saturated heterocycles. The lowest BCUT2D eigenvalue weighted by atomic mass is 10.1. The summed E-state index contributed by atoms with van der Waals surface area (Å²) < 4.78 is 13.7. The lowest BCUT2D eigenvalue weighted by molar-refractivity contribution is -0.115. The van der Waals surface area contributed by atoms with Crippen molar-refractivity contribution in [2.45, 2.75) is 6.42 Å². The van der Waals surface area contributed by atoms with Gasteiger partial charge >= 0.3 is 0 Å². The van der Waals surface area contributed by atoms with Gasteiger partial charge < -0.3 is 5.32 Å². The topological polar surface area (TPSA) is 29.1 Å². The van der Waals surface area contributed by atoms with Crippen molar-refractivity contribution in [1.29, 1.82) is 0 Å². The molecule has 0 fully saturated rings. The molecule has 92 valence electrons. The van der Waals surface area contributed by atoms with Crippen molar-refractivity contribution in [2.75, 3.05) is 5.32 Å². The minimum Gasteiger partial charge on any atom is -0.325 e. The van der Waals surface area contributed by atoms with E-state index in [1.807, 2.05) is 52.9 Å². The van der Waals surface area contributed by atoms with Gasteiger partial charge in [0.15, 0.2) is 0 Å². The van der Waals surface area contributed by atoms with Gasteiger partial charge in [0.25, 0.3) is 0 Å². The number of hydrogen-bond acceptors (Lipinski definition) is 1. The van der Waals surface area contributed by atoms with Crippen LogP contribution in [0.2, 0.25) is 0 Å². The van der Waals surface area contributed by atoms with Crippen molar-refractivity contribution in [1.82, 2.24) is 0 Å². The Hall–Kier alpha value is -1.43. The van der Waals surface area contributed by atoms with Crippen molar-refractivity contribution in [3.8, 4) is 0 Å². The number of anilines is 1. The maximum atomic E-state index is 13.3. The van der Waals surface area contributed by atoms with E-state index in [1.54, 1.807) is 12.1 Å². The fourth-order valence-electron chi connectivity index (χ4n) is 1.58. The average molecular weight is 355 g/mol. The lowest BCUT2D eigenvalue weighted by Crippen LogP contribution is -2.15. The highest BCUT2D eigenvalue weighted by Crippen LogP contribution is 2.20. The third kappa shape index (κ3) is 3.29. The molecule has 0 spiro atoms. The molecule has 0 heterocycles. The van der Waals surface area contributed by atoms with Crippen LogP contribution in [0, 0.1) is 9.39 Å². The molecular weight excluding hydrogens is 344 g/mol. The second kappa shape index (κ2) is 5.95. The van der Waals surface area contributed by atoms with Crippen LogP contribution in [-0.4, -0.2) is 5.91 Å². The van der Waals surface area contributed by atoms with Crippen LogP contribution in [0.1, 0.15) is 5.56 Å². The lowest BCUT2D eigenvalue weighted by Gasteiger charge is -2.07. The zero-order chi connectivity index (χ0) is 13.0. The van der Waals surface area contributed by atoms with Crippen molar-refractivity contribution in [3.05, 3.63) is 63.5 Å². The van der Waals surface area contributed by atoms with E-state index < -0.39 is 0 Å². The summed E-state index contributed by atoms with van der Waals surface area (Å²) in [6.45, 7) is 0. The summed E-state index contributed by atoms with van der Waals surface area (Å²) in [5.74, 6) is -0.474. The van der Waals surface area contributed by atoms with E-state index in [4.69, 9.17) is 0 Å². The van der Waals surface area contributed by atoms with Gasteiger partial charge in [0.1, 0.15) is 5.82 Å². The SMILES string of the molecule is O=C(Cc1ccccc1)Nc1cccc(F)c1I. The molecule has 1 amide bonds. The van der Waals surface area contributed by atoms with E-state index in [2.05, 4.69) is 5.32 Å². The van der Waals surface area contributed by atoms with Crippen LogP contribution in [0.25, 0.3) is 0 Å². The first-order chi connectivity index (χ1) is 8.66. The number of carbonyl (C=O) groups is 1. The molecule has 0 bridgehead atoms. The summed E-state index contributed by atoms with van der Waals surface area (Å²) in [5.41, 5.74) is 1.44. The maximum absolute atomic E-state index is 13.3. The van der Waals surface area contributed by atoms with Crippen LogP contribution < -0.4 is 5.32 Å². The van der Waals surface area contributed by atoms with Gasteiger partial charge in [0.05, 0.1) is 15.7 Å². The van der Waals surface area contributed by atoms with E-state index in [-0.39, 0.29) is 18.1 Å². The standard InChI is InChI=1S/C14H11FINO/c15-11-7-4-8-12(14(11)16)17-13(18)9-10-5-2-1-3-6-10/h1-8H,9H2,(H,17,18). The van der Waals surface area contributed by atoms with Gasteiger partial charge in [-0.3, -0.25) is 4.79 Å². The van der Waals surface area contributed by atoms with Gasteiger partial charge in [0.2, 0.25) is 5.91 Å². The van der Waals surface area contributed by atoms with Gasteiger partial charge in [-0.25, -0.2) is 4.39 Å². The molecule has 2 rings (SSSR count). The zero-order valence-corrected chi connectivity index (χ0v) is 11.6. The van der Waals surface area contributed by atoms with Crippen molar-refractivity contribution in [3.63, 3.8) is 0 Å². The third-order valence-electron chi connectivity index (χ3n) is 2.43. The molecule has 2 aromatic carbocycles. The van der Waals surface area contributed by atoms with Crippen molar-refractivity contribution < 1.29 is 9.18 Å². The van der Waals surface area contributed by atoms with Crippen LogP contribution in [0.4, 0.5) is 10.1 Å². The highest BCUT2D eigenvalue weighted by molar-refractivity contribution is 14.1. The fourth-order valence-corrected chi connectivity index (χ4v) is 2.07. The summed E-state index contributed by atoms with van der Waals surface area (Å²) in [6.07, 6.45) is 0.285. The molecule has 0 atom stereocenters. The molecule has 0 aliphatic heterocycles. The monoisotopic (exact) mass is 355 g/mol. The molecule has 18 heavy (non-hydrogen) atoms. The average Bonchev–Trinajstić information content (AvgIpc) is 2.36. The van der Waals surface area contributed by atoms with Gasteiger partial charge in [-0.2, -0.15) is 0 Å². The normalized spacial score (nSPS) is 10.1. The highest BCUT2D eigenvalue weighted by atomic mass is 127. The molecule has 2 aromatic rings. The van der Waals surface area contributed by atoms with Gasteiger partial charge in [-0.1, -0.05) is 36.4 Å². The van der Waals surface area contributed by atoms with Crippen molar-refractivity contribution >= 4 is 34.2 Å². The summed E-state index contributed by atoms with van der Waals surface area (Å²) in [5, 5.41) is 2.71. The van der Waals surface area contributed by atoms with Crippen LogP contribution in [-0.2, 0) is 11.2 Å². The Bertz CT molecular complexity index is 557. The zero-order valence-electron chi connectivity index (χ0n) is 9.49. The Morgan fingerprint density at radius 3 is 2.56 bits per heavy atom. The van der Waals surface area contributed by atoms with E-state index in [1.165, 1.54) is 6.07 Å². The summed E-state index contributed by atoms with van der Waals surface area (Å²) in [4.78, 5) is 11.8. The largest absolute Gasteiger partial charge is 0.325 e. The molecular formula is C14H11FINO. The minimum absolute atomic E-state index is 0.148. The molecule has 4 heteroatoms. The Labute approximate surface area is 118 Å². The molecule has 0 aliphatic rings. The van der Waals surface area contributed by atoms with Crippen LogP contribution in [0.5, 0.6) is 0 Å². The Kier molecular flexibility index (Phi) is 4.30. The highest BCUT2D eigenvalue weighted by Gasteiger charge is 2.08. The maximum Gasteiger partial charge on any atom is 0.228 e. The van der Waals surface area contributed by atoms with E-state index >= 15 is 0 Å². The van der Waals surface area contributed by atoms with Gasteiger partial charge in [-0.05, 0) is 40.3 Å². The first kappa shape index (κ1) is 13.0. The van der Waals surface area contributed by atoms with Crippen molar-refractivity contribution in [2.24, 2.45) is 0 Å². The molecule has 1 N–H and O–H groups in total. The molecule has 2 nitrogen and oxygen atoms in total. The molecule has 0 radical (unpaired) electrons. The smallest absolute Gasteiger partial charge is 0.228 e. The molecule has 0 aliphatic carbocycles. The Morgan fingerprint density at radius 2 is 1.83 bits per heavy atom. The van der Waals surface area contributed by atoms with Crippen LogP contribution in [0.15, 0.2) is 48.5 Å². The van der Waals surface area contributed by atoms with Crippen LogP contribution >= 0.6 is 22.6 Å². The predicted molar refractivity (Wildman–Crippen MR) is 77.9 cm³/mol. The quantitative estimate of drug-likeness (QED) is 0.838. The second-order valence-corrected chi connectivity index (χ2v) is 4.89. The number of rotatable bonds is 3. The first-order valence-electron chi connectivity index (χ1n) is 5.44. The van der Waals surface area contributed by atoms with E-state index in [0.29, 0.717) is 9.26 Å². The minimum atomic E-state index is -0.326. The number of carbonyl (C=O) groups excluding carboxylic acids is 1. The molecule has 0 aromatic heterocycles. The summed E-state index contributed by atoms with van der Waals surface area (Å²) in [6, 6.07) is 14.1. The summed E-state index contributed by atoms with van der Waals surface area (Å²) >= 11 is 1.88. The number of benzene rings is 2. The van der Waals surface area contributed by atoms with E-state index in [9.17, 15) is 9.18 Å². The number of nitrogens with one attached hydrogen (secondary N) is 1. The first-order valence-corrected chi connectivity index (χ1v) is 6.52. The van der Waals surface area contributed by atoms with Gasteiger partial charge in [-0.15, -0.1) is 0 Å². The number of amides is 1. The van der Waals surface area contributed by atoms with E-state index in [0.717, 1.165) is 5.56 Å².